The highest BCUT2D eigenvalue weighted by molar-refractivity contribution is 8.00. The van der Waals surface area contributed by atoms with E-state index in [4.69, 9.17) is 4.98 Å². The average molecular weight is 489 g/mol. The Hall–Kier alpha value is -3.27. The number of aryl methyl sites for hydroxylation is 1. The molecule has 6 nitrogen and oxygen atoms in total. The molecule has 1 aromatic heterocycles. The first-order valence-electron chi connectivity index (χ1n) is 10.9. The number of aromatic nitrogens is 2. The number of hydrogen-bond acceptors (Lipinski definition) is 4. The molecule has 0 bridgehead atoms. The van der Waals surface area contributed by atoms with Crippen LogP contribution in [0.15, 0.2) is 47.6 Å². The highest BCUT2D eigenvalue weighted by atomic mass is 32.2. The predicted molar refractivity (Wildman–Crippen MR) is 123 cm³/mol. The molecule has 3 aromatic rings. The van der Waals surface area contributed by atoms with Crippen LogP contribution in [0.5, 0.6) is 0 Å². The smallest absolute Gasteiger partial charge is 0.243 e. The van der Waals surface area contributed by atoms with Gasteiger partial charge in [0, 0.05) is 11.4 Å². The maximum absolute atomic E-state index is 13.7. The second-order valence-electron chi connectivity index (χ2n) is 7.91. The fraction of sp³-hybridized carbons (Fsp3) is 0.292. The Morgan fingerprint density at radius 2 is 1.79 bits per heavy atom. The third-order valence-electron chi connectivity index (χ3n) is 5.50. The minimum absolute atomic E-state index is 0.411. The van der Waals surface area contributed by atoms with Crippen molar-refractivity contribution >= 4 is 29.3 Å². The molecular formula is C24H23F3N4O2S. The Morgan fingerprint density at radius 1 is 1.06 bits per heavy atom. The van der Waals surface area contributed by atoms with Gasteiger partial charge >= 0.3 is 0 Å². The van der Waals surface area contributed by atoms with E-state index in [0.717, 1.165) is 48.8 Å². The molecular weight excluding hydrogens is 465 g/mol. The zero-order valence-corrected chi connectivity index (χ0v) is 19.2. The van der Waals surface area contributed by atoms with Crippen LogP contribution in [0, 0.1) is 17.5 Å². The topological polar surface area (TPSA) is 76.0 Å². The van der Waals surface area contributed by atoms with Crippen molar-refractivity contribution in [2.75, 3.05) is 11.9 Å². The van der Waals surface area contributed by atoms with E-state index in [0.29, 0.717) is 11.2 Å². The van der Waals surface area contributed by atoms with Gasteiger partial charge in [-0.25, -0.2) is 18.2 Å². The predicted octanol–water partition coefficient (Wildman–Crippen LogP) is 4.40. The summed E-state index contributed by atoms with van der Waals surface area (Å²) in [4.78, 5) is 29.5. The SMILES string of the molecule is CC(Sc1nc2c(n1-c1ccccc1)CCCC2)C(=O)NCC(=O)Nc1ccc(F)c(F)c1F. The van der Waals surface area contributed by atoms with Crippen molar-refractivity contribution in [1.29, 1.82) is 0 Å². The second kappa shape index (κ2) is 10.3. The molecule has 0 aliphatic heterocycles. The van der Waals surface area contributed by atoms with Crippen molar-refractivity contribution in [2.24, 2.45) is 0 Å². The van der Waals surface area contributed by atoms with E-state index in [1.165, 1.54) is 11.8 Å². The van der Waals surface area contributed by atoms with E-state index in [2.05, 4.69) is 15.2 Å². The zero-order valence-electron chi connectivity index (χ0n) is 18.4. The summed E-state index contributed by atoms with van der Waals surface area (Å²) in [6.45, 7) is 1.25. The molecule has 0 radical (unpaired) electrons. The first kappa shape index (κ1) is 23.9. The molecule has 1 atom stereocenters. The number of benzene rings is 2. The molecule has 0 fully saturated rings. The van der Waals surface area contributed by atoms with Gasteiger partial charge in [0.25, 0.3) is 0 Å². The maximum Gasteiger partial charge on any atom is 0.243 e. The monoisotopic (exact) mass is 488 g/mol. The van der Waals surface area contributed by atoms with Crippen LogP contribution in [-0.2, 0) is 22.4 Å². The van der Waals surface area contributed by atoms with Gasteiger partial charge < -0.3 is 10.6 Å². The third kappa shape index (κ3) is 5.11. The standard InChI is InChI=1S/C24H23F3N4O2S/c1-14(23(33)28-13-20(32)29-18-12-11-16(25)21(26)22(18)27)34-24-30-17-9-5-6-10-19(17)31(24)15-7-3-2-4-8-15/h2-4,7-8,11-12,14H,5-6,9-10,13H2,1H3,(H,28,33)(H,29,32). The summed E-state index contributed by atoms with van der Waals surface area (Å²) >= 11 is 1.29. The molecule has 1 aliphatic carbocycles. The maximum atomic E-state index is 13.7. The van der Waals surface area contributed by atoms with Crippen molar-refractivity contribution < 1.29 is 22.8 Å². The molecule has 1 unspecified atom stereocenters. The Balaban J connectivity index is 1.41. The van der Waals surface area contributed by atoms with Gasteiger partial charge in [-0.15, -0.1) is 0 Å². The Kier molecular flexibility index (Phi) is 7.26. The van der Waals surface area contributed by atoms with Crippen LogP contribution in [0.3, 0.4) is 0 Å². The Bertz CT molecular complexity index is 1220. The number of para-hydroxylation sites is 1. The van der Waals surface area contributed by atoms with Gasteiger partial charge in [0.15, 0.2) is 22.6 Å². The van der Waals surface area contributed by atoms with E-state index in [-0.39, 0.29) is 0 Å². The quantitative estimate of drug-likeness (QED) is 0.382. The summed E-state index contributed by atoms with van der Waals surface area (Å²) in [7, 11) is 0. The highest BCUT2D eigenvalue weighted by Crippen LogP contribution is 2.32. The van der Waals surface area contributed by atoms with Crippen molar-refractivity contribution in [1.82, 2.24) is 14.9 Å². The molecule has 34 heavy (non-hydrogen) atoms. The molecule has 10 heteroatoms. The van der Waals surface area contributed by atoms with Crippen molar-refractivity contribution in [3.8, 4) is 5.69 Å². The summed E-state index contributed by atoms with van der Waals surface area (Å²) < 4.78 is 42.2. The van der Waals surface area contributed by atoms with Gasteiger partial charge in [0.1, 0.15) is 0 Å². The van der Waals surface area contributed by atoms with Gasteiger partial charge in [-0.05, 0) is 56.9 Å². The molecule has 2 aromatic carbocycles. The Labute approximate surface area is 199 Å². The molecule has 4 rings (SSSR count). The van der Waals surface area contributed by atoms with Crippen LogP contribution in [0.1, 0.15) is 31.2 Å². The lowest BCUT2D eigenvalue weighted by Crippen LogP contribution is -2.37. The highest BCUT2D eigenvalue weighted by Gasteiger charge is 2.25. The number of rotatable bonds is 7. The molecule has 1 heterocycles. The number of halogens is 3. The summed E-state index contributed by atoms with van der Waals surface area (Å²) in [5.41, 5.74) is 2.66. The van der Waals surface area contributed by atoms with Crippen LogP contribution in [0.4, 0.5) is 18.9 Å². The number of nitrogens with one attached hydrogen (secondary N) is 2. The summed E-state index contributed by atoms with van der Waals surface area (Å²) in [5.74, 6) is -5.71. The lowest BCUT2D eigenvalue weighted by molar-refractivity contribution is -0.123. The van der Waals surface area contributed by atoms with Crippen LogP contribution in [0.25, 0.3) is 5.69 Å². The van der Waals surface area contributed by atoms with Crippen LogP contribution >= 0.6 is 11.8 Å². The van der Waals surface area contributed by atoms with Gasteiger partial charge in [0.05, 0.1) is 23.2 Å². The van der Waals surface area contributed by atoms with E-state index in [1.807, 2.05) is 30.3 Å². The molecule has 0 saturated heterocycles. The number of carbonyl (C=O) groups is 2. The first-order chi connectivity index (χ1) is 16.3. The van der Waals surface area contributed by atoms with Crippen molar-refractivity contribution in [3.63, 3.8) is 0 Å². The van der Waals surface area contributed by atoms with Crippen LogP contribution in [0.2, 0.25) is 0 Å². The van der Waals surface area contributed by atoms with E-state index < -0.39 is 46.7 Å². The Morgan fingerprint density at radius 3 is 2.56 bits per heavy atom. The lowest BCUT2D eigenvalue weighted by atomic mass is 10.0. The minimum atomic E-state index is -1.68. The van der Waals surface area contributed by atoms with Crippen molar-refractivity contribution in [3.05, 3.63) is 71.3 Å². The van der Waals surface area contributed by atoms with Gasteiger partial charge in [-0.1, -0.05) is 30.0 Å². The number of nitrogens with zero attached hydrogens (tertiary/aromatic N) is 2. The number of carbonyl (C=O) groups excluding carboxylic acids is 2. The lowest BCUT2D eigenvalue weighted by Gasteiger charge is -2.16. The number of hydrogen-bond donors (Lipinski definition) is 2. The molecule has 1 aliphatic rings. The summed E-state index contributed by atoms with van der Waals surface area (Å²) in [6.07, 6.45) is 3.97. The molecule has 0 saturated carbocycles. The van der Waals surface area contributed by atoms with E-state index >= 15 is 0 Å². The number of thioether (sulfide) groups is 1. The largest absolute Gasteiger partial charge is 0.346 e. The fourth-order valence-electron chi connectivity index (χ4n) is 3.78. The minimum Gasteiger partial charge on any atom is -0.346 e. The molecule has 2 amide bonds. The first-order valence-corrected chi connectivity index (χ1v) is 11.8. The molecule has 0 spiro atoms. The van der Waals surface area contributed by atoms with E-state index in [9.17, 15) is 22.8 Å². The zero-order chi connectivity index (χ0) is 24.2. The van der Waals surface area contributed by atoms with Gasteiger partial charge in [-0.3, -0.25) is 14.2 Å². The molecule has 2 N–H and O–H groups in total. The number of fused-ring (bicyclic) bond motifs is 1. The average Bonchev–Trinajstić information content (AvgIpc) is 3.21. The number of amides is 2. The number of imidazole rings is 1. The van der Waals surface area contributed by atoms with Gasteiger partial charge in [-0.2, -0.15) is 0 Å². The van der Waals surface area contributed by atoms with Crippen LogP contribution < -0.4 is 10.6 Å². The van der Waals surface area contributed by atoms with Gasteiger partial charge in [0.2, 0.25) is 11.8 Å². The third-order valence-corrected chi connectivity index (χ3v) is 6.55. The van der Waals surface area contributed by atoms with E-state index in [1.54, 1.807) is 6.92 Å². The second-order valence-corrected chi connectivity index (χ2v) is 9.22. The fourth-order valence-corrected chi connectivity index (χ4v) is 4.77. The molecule has 178 valence electrons. The summed E-state index contributed by atoms with van der Waals surface area (Å²) in [5, 5.41) is 4.75. The normalized spacial score (nSPS) is 13.8. The number of anilines is 1. The summed E-state index contributed by atoms with van der Waals surface area (Å²) in [6, 6.07) is 11.4. The van der Waals surface area contributed by atoms with Crippen molar-refractivity contribution in [2.45, 2.75) is 43.0 Å². The van der Waals surface area contributed by atoms with Crippen LogP contribution in [-0.4, -0.2) is 33.2 Å².